The number of hydrogen-bond donors (Lipinski definition) is 1. The Hall–Kier alpha value is -1.77. The average molecular weight is 315 g/mol. The van der Waals surface area contributed by atoms with E-state index in [2.05, 4.69) is 9.97 Å². The molecule has 1 aliphatic carbocycles. The Balaban J connectivity index is 1.96. The van der Waals surface area contributed by atoms with E-state index >= 15 is 0 Å². The molecule has 0 bridgehead atoms. The molecule has 1 N–H and O–H groups in total. The number of nitrogens with one attached hydrogen (secondary N) is 1. The highest BCUT2D eigenvalue weighted by atomic mass is 32.3. The molecule has 0 radical (unpaired) electrons. The van der Waals surface area contributed by atoms with E-state index in [0.29, 0.717) is 24.1 Å². The Bertz CT molecular complexity index is 758. The number of fused-ring (bicyclic) bond motifs is 1. The molecule has 2 heterocycles. The Morgan fingerprint density at radius 3 is 2.62 bits per heavy atom. The first-order chi connectivity index (χ1) is 9.86. The van der Waals surface area contributed by atoms with Crippen LogP contribution in [0.15, 0.2) is 4.79 Å². The van der Waals surface area contributed by atoms with Crippen LogP contribution in [0.3, 0.4) is 0 Å². The van der Waals surface area contributed by atoms with Crippen LogP contribution >= 0.6 is 0 Å². The summed E-state index contributed by atoms with van der Waals surface area (Å²) in [4.78, 5) is 31.6. The van der Waals surface area contributed by atoms with Gasteiger partial charge in [0, 0.05) is 18.5 Å². The zero-order valence-corrected chi connectivity index (χ0v) is 12.0. The van der Waals surface area contributed by atoms with Crippen molar-refractivity contribution in [3.8, 4) is 0 Å². The fraction of sp³-hybridized carbons (Fsp3) is 0.583. The predicted octanol–water partition coefficient (Wildman–Crippen LogP) is 0.0533. The van der Waals surface area contributed by atoms with Gasteiger partial charge in [-0.1, -0.05) is 0 Å². The molecule has 0 aromatic carbocycles. The van der Waals surface area contributed by atoms with Gasteiger partial charge in [-0.15, -0.1) is 3.89 Å². The molecule has 3 rings (SSSR count). The molecule has 0 spiro atoms. The van der Waals surface area contributed by atoms with Crippen LogP contribution < -0.4 is 10.5 Å². The molecule has 2 aliphatic rings. The van der Waals surface area contributed by atoms with E-state index in [1.54, 1.807) is 0 Å². The number of halogens is 1. The van der Waals surface area contributed by atoms with Crippen molar-refractivity contribution in [2.75, 3.05) is 11.4 Å². The fourth-order valence-corrected chi connectivity index (χ4v) is 3.45. The number of aromatic amines is 1. The summed E-state index contributed by atoms with van der Waals surface area (Å²) < 4.78 is 34.8. The van der Waals surface area contributed by atoms with Crippen LogP contribution in [0.25, 0.3) is 0 Å². The van der Waals surface area contributed by atoms with E-state index in [0.717, 1.165) is 17.7 Å². The fourth-order valence-electron chi connectivity index (χ4n) is 2.79. The Morgan fingerprint density at radius 1 is 1.24 bits per heavy atom. The highest BCUT2D eigenvalue weighted by Crippen LogP contribution is 2.24. The van der Waals surface area contributed by atoms with E-state index in [1.165, 1.54) is 0 Å². The lowest BCUT2D eigenvalue weighted by atomic mass is 9.97. The van der Waals surface area contributed by atoms with Gasteiger partial charge in [0.1, 0.15) is 5.25 Å². The second-order valence-electron chi connectivity index (χ2n) is 5.33. The van der Waals surface area contributed by atoms with Crippen molar-refractivity contribution < 1.29 is 17.1 Å². The maximum atomic E-state index is 13.0. The molecule has 1 aromatic rings. The van der Waals surface area contributed by atoms with Crippen LogP contribution in [0.1, 0.15) is 30.5 Å². The van der Waals surface area contributed by atoms with Crippen molar-refractivity contribution in [2.45, 2.75) is 37.4 Å². The summed E-state index contributed by atoms with van der Waals surface area (Å²) >= 11 is 0. The summed E-state index contributed by atoms with van der Waals surface area (Å²) in [5, 5.41) is -1.40. The molecule has 21 heavy (non-hydrogen) atoms. The standard InChI is InChI=1S/C12H14FN3O4S/c13-21(19,20)7-5-10(17)16(6-7)12-14-9-4-2-1-3-8(9)11(18)15-12/h7H,1-6H2,(H,14,15,18). The molecular weight excluding hydrogens is 301 g/mol. The summed E-state index contributed by atoms with van der Waals surface area (Å²) in [6, 6.07) is 0. The van der Waals surface area contributed by atoms with Gasteiger partial charge in [-0.2, -0.15) is 8.42 Å². The monoisotopic (exact) mass is 315 g/mol. The van der Waals surface area contributed by atoms with Crippen molar-refractivity contribution in [1.29, 1.82) is 0 Å². The number of carbonyl (C=O) groups is 1. The number of carbonyl (C=O) groups excluding carboxylic acids is 1. The highest BCUT2D eigenvalue weighted by Gasteiger charge is 2.40. The van der Waals surface area contributed by atoms with Crippen LogP contribution in [0, 0.1) is 0 Å². The summed E-state index contributed by atoms with van der Waals surface area (Å²) in [6.07, 6.45) is 2.70. The normalized spacial score (nSPS) is 22.4. The third-order valence-corrected chi connectivity index (χ3v) is 5.03. The molecule has 1 amide bonds. The minimum Gasteiger partial charge on any atom is -0.292 e. The van der Waals surface area contributed by atoms with Gasteiger partial charge in [0.25, 0.3) is 5.56 Å². The van der Waals surface area contributed by atoms with Crippen molar-refractivity contribution in [3.05, 3.63) is 21.6 Å². The van der Waals surface area contributed by atoms with Crippen LogP contribution in [0.2, 0.25) is 0 Å². The van der Waals surface area contributed by atoms with Crippen molar-refractivity contribution in [2.24, 2.45) is 0 Å². The number of anilines is 1. The predicted molar refractivity (Wildman–Crippen MR) is 72.3 cm³/mol. The van der Waals surface area contributed by atoms with Gasteiger partial charge < -0.3 is 0 Å². The largest absolute Gasteiger partial charge is 0.307 e. The average Bonchev–Trinajstić information content (AvgIpc) is 2.81. The second-order valence-corrected chi connectivity index (χ2v) is 6.95. The zero-order chi connectivity index (χ0) is 15.2. The molecule has 0 saturated carbocycles. The number of aromatic nitrogens is 2. The number of aryl methyl sites for hydroxylation is 1. The maximum Gasteiger partial charge on any atom is 0.307 e. The van der Waals surface area contributed by atoms with Crippen LogP contribution in [0.5, 0.6) is 0 Å². The van der Waals surface area contributed by atoms with E-state index in [4.69, 9.17) is 0 Å². The summed E-state index contributed by atoms with van der Waals surface area (Å²) in [6.45, 7) is -0.320. The zero-order valence-electron chi connectivity index (χ0n) is 11.1. The summed E-state index contributed by atoms with van der Waals surface area (Å²) in [5.41, 5.74) is 0.944. The molecule has 114 valence electrons. The van der Waals surface area contributed by atoms with E-state index in [9.17, 15) is 21.9 Å². The number of amides is 1. The molecule has 1 atom stereocenters. The third kappa shape index (κ3) is 2.57. The number of hydrogen-bond acceptors (Lipinski definition) is 5. The molecule has 1 saturated heterocycles. The van der Waals surface area contributed by atoms with E-state index in [1.807, 2.05) is 0 Å². The van der Waals surface area contributed by atoms with Gasteiger partial charge in [0.15, 0.2) is 0 Å². The molecule has 1 aromatic heterocycles. The van der Waals surface area contributed by atoms with Crippen LogP contribution in [-0.2, 0) is 27.9 Å². The molecule has 1 aliphatic heterocycles. The Kier molecular flexibility index (Phi) is 3.31. The molecule has 9 heteroatoms. The minimum absolute atomic E-state index is 0.0109. The van der Waals surface area contributed by atoms with Crippen molar-refractivity contribution >= 4 is 22.1 Å². The highest BCUT2D eigenvalue weighted by molar-refractivity contribution is 7.87. The Labute approximate surface area is 120 Å². The van der Waals surface area contributed by atoms with Crippen LogP contribution in [-0.4, -0.2) is 36.1 Å². The minimum atomic E-state index is -4.79. The lowest BCUT2D eigenvalue weighted by Gasteiger charge is -2.19. The topological polar surface area (TPSA) is 100 Å². The SMILES string of the molecule is O=C1CC(S(=O)(=O)F)CN1c1nc2c(c(=O)[nH]1)CCCC2. The first-order valence-corrected chi connectivity index (χ1v) is 8.17. The smallest absolute Gasteiger partial charge is 0.292 e. The van der Waals surface area contributed by atoms with E-state index in [-0.39, 0.29) is 18.1 Å². The van der Waals surface area contributed by atoms with Crippen molar-refractivity contribution in [1.82, 2.24) is 9.97 Å². The lowest BCUT2D eigenvalue weighted by molar-refractivity contribution is -0.117. The van der Waals surface area contributed by atoms with Gasteiger partial charge in [-0.3, -0.25) is 19.5 Å². The first-order valence-electron chi connectivity index (χ1n) is 6.72. The number of H-pyrrole nitrogens is 1. The Morgan fingerprint density at radius 2 is 1.95 bits per heavy atom. The molecule has 1 unspecified atom stereocenters. The van der Waals surface area contributed by atoms with Gasteiger partial charge in [-0.25, -0.2) is 4.98 Å². The van der Waals surface area contributed by atoms with Crippen LogP contribution in [0.4, 0.5) is 9.83 Å². The quantitative estimate of drug-likeness (QED) is 0.778. The molecule has 7 nitrogen and oxygen atoms in total. The van der Waals surface area contributed by atoms with Gasteiger partial charge in [-0.05, 0) is 25.7 Å². The third-order valence-electron chi connectivity index (χ3n) is 3.92. The van der Waals surface area contributed by atoms with Gasteiger partial charge in [0.2, 0.25) is 11.9 Å². The van der Waals surface area contributed by atoms with Crippen molar-refractivity contribution in [3.63, 3.8) is 0 Å². The molecular formula is C12H14FN3O4S. The molecule has 1 fully saturated rings. The second kappa shape index (κ2) is 4.90. The van der Waals surface area contributed by atoms with Gasteiger partial charge >= 0.3 is 10.2 Å². The maximum absolute atomic E-state index is 13.0. The first kappa shape index (κ1) is 14.2. The number of rotatable bonds is 2. The number of nitrogens with zero attached hydrogens (tertiary/aromatic N) is 2. The van der Waals surface area contributed by atoms with Gasteiger partial charge in [0.05, 0.1) is 5.69 Å². The summed E-state index contributed by atoms with van der Waals surface area (Å²) in [5.74, 6) is -0.545. The van der Waals surface area contributed by atoms with E-state index < -0.39 is 27.8 Å². The lowest BCUT2D eigenvalue weighted by Crippen LogP contribution is -2.32. The summed E-state index contributed by atoms with van der Waals surface area (Å²) in [7, 11) is -4.79.